The average Bonchev–Trinajstić information content (AvgIpc) is 3.17. The van der Waals surface area contributed by atoms with Crippen molar-refractivity contribution in [2.45, 2.75) is 17.1 Å². The number of nitrogens with one attached hydrogen (secondary N) is 1. The Morgan fingerprint density at radius 1 is 1.12 bits per heavy atom. The number of hydrogen-bond donors (Lipinski definition) is 1. The molecule has 132 valence electrons. The maximum Gasteiger partial charge on any atom is 0.129 e. The second-order valence-electron chi connectivity index (χ2n) is 5.95. The minimum absolute atomic E-state index is 0.747. The number of thioether (sulfide) groups is 1. The van der Waals surface area contributed by atoms with E-state index in [9.17, 15) is 0 Å². The van der Waals surface area contributed by atoms with Gasteiger partial charge in [0.1, 0.15) is 10.8 Å². The Morgan fingerprint density at radius 2 is 1.96 bits per heavy atom. The van der Waals surface area contributed by atoms with Gasteiger partial charge in [-0.05, 0) is 24.6 Å². The summed E-state index contributed by atoms with van der Waals surface area (Å²) in [6.45, 7) is 1.90. The van der Waals surface area contributed by atoms with E-state index in [1.165, 1.54) is 10.5 Å². The van der Waals surface area contributed by atoms with Crippen LogP contribution in [0.4, 0.5) is 0 Å². The van der Waals surface area contributed by atoms with Gasteiger partial charge in [0.25, 0.3) is 0 Å². The first-order chi connectivity index (χ1) is 12.8. The van der Waals surface area contributed by atoms with E-state index < -0.39 is 0 Å². The molecule has 3 aromatic rings. The smallest absolute Gasteiger partial charge is 0.129 e. The molecule has 0 aliphatic carbocycles. The Balaban J connectivity index is 1.48. The molecule has 0 saturated heterocycles. The molecule has 0 spiro atoms. The topological polar surface area (TPSA) is 37.3 Å². The van der Waals surface area contributed by atoms with Gasteiger partial charge in [-0.1, -0.05) is 41.9 Å². The second-order valence-corrected chi connectivity index (χ2v) is 8.26. The summed E-state index contributed by atoms with van der Waals surface area (Å²) in [6, 6.07) is 16.3. The van der Waals surface area contributed by atoms with E-state index in [0.717, 1.165) is 52.4 Å². The van der Waals surface area contributed by atoms with Crippen LogP contribution in [0.1, 0.15) is 17.7 Å². The van der Waals surface area contributed by atoms with Gasteiger partial charge in [-0.25, -0.2) is 4.98 Å². The van der Waals surface area contributed by atoms with Crippen LogP contribution < -0.4 is 5.32 Å². The first-order valence-corrected chi connectivity index (χ1v) is 10.7. The lowest BCUT2D eigenvalue weighted by Gasteiger charge is -2.17. The molecule has 0 unspecified atom stereocenters. The van der Waals surface area contributed by atoms with Gasteiger partial charge in [-0.3, -0.25) is 4.99 Å². The number of halogens is 1. The van der Waals surface area contributed by atoms with E-state index in [2.05, 4.69) is 40.0 Å². The number of hydrogen-bond acceptors (Lipinski definition) is 5. The highest BCUT2D eigenvalue weighted by atomic mass is 35.5. The standard InChI is InChI=1S/C20H18ClN3S2/c21-15-8-6-14(7-9-15)20-24-16(13-26-20)12-25-18-5-2-1-4-17(18)19-22-10-3-11-23-19/h1-2,4-9,13H,3,10-12H2,(H,22,23). The summed E-state index contributed by atoms with van der Waals surface area (Å²) in [6.07, 6.45) is 1.10. The fourth-order valence-corrected chi connectivity index (χ4v) is 4.75. The quantitative estimate of drug-likeness (QED) is 0.576. The zero-order valence-corrected chi connectivity index (χ0v) is 16.5. The van der Waals surface area contributed by atoms with Crippen LogP contribution in [-0.4, -0.2) is 23.9 Å². The highest BCUT2D eigenvalue weighted by Gasteiger charge is 2.12. The third-order valence-corrected chi connectivity index (χ3v) is 6.36. The van der Waals surface area contributed by atoms with E-state index in [1.54, 1.807) is 23.1 Å². The molecule has 0 fully saturated rings. The van der Waals surface area contributed by atoms with E-state index in [4.69, 9.17) is 16.6 Å². The first kappa shape index (κ1) is 17.6. The monoisotopic (exact) mass is 399 g/mol. The fraction of sp³-hybridized carbons (Fsp3) is 0.200. The summed E-state index contributed by atoms with van der Waals surface area (Å²) >= 11 is 9.44. The number of amidine groups is 1. The number of benzene rings is 2. The predicted octanol–water partition coefficient (Wildman–Crippen LogP) is 5.50. The number of nitrogens with zero attached hydrogens (tertiary/aromatic N) is 2. The minimum atomic E-state index is 0.747. The van der Waals surface area contributed by atoms with Crippen molar-refractivity contribution in [2.75, 3.05) is 13.1 Å². The van der Waals surface area contributed by atoms with Crippen molar-refractivity contribution in [1.82, 2.24) is 10.3 Å². The van der Waals surface area contributed by atoms with Crippen molar-refractivity contribution >= 4 is 40.5 Å². The molecule has 6 heteroatoms. The molecular formula is C20H18ClN3S2. The van der Waals surface area contributed by atoms with Crippen molar-refractivity contribution in [3.8, 4) is 10.6 Å². The van der Waals surface area contributed by atoms with Gasteiger partial charge in [-0.15, -0.1) is 23.1 Å². The van der Waals surface area contributed by atoms with E-state index >= 15 is 0 Å². The molecule has 0 atom stereocenters. The number of rotatable bonds is 5. The molecule has 0 saturated carbocycles. The average molecular weight is 400 g/mol. The molecule has 1 aromatic heterocycles. The first-order valence-electron chi connectivity index (χ1n) is 8.50. The Morgan fingerprint density at radius 3 is 2.77 bits per heavy atom. The van der Waals surface area contributed by atoms with Gasteiger partial charge < -0.3 is 5.32 Å². The highest BCUT2D eigenvalue weighted by Crippen LogP contribution is 2.30. The zero-order valence-electron chi connectivity index (χ0n) is 14.1. The van der Waals surface area contributed by atoms with Crippen molar-refractivity contribution in [3.05, 3.63) is 70.2 Å². The molecular weight excluding hydrogens is 382 g/mol. The van der Waals surface area contributed by atoms with Crippen molar-refractivity contribution in [1.29, 1.82) is 0 Å². The van der Waals surface area contributed by atoms with Crippen molar-refractivity contribution in [2.24, 2.45) is 4.99 Å². The van der Waals surface area contributed by atoms with E-state index in [0.29, 0.717) is 0 Å². The van der Waals surface area contributed by atoms with Crippen molar-refractivity contribution < 1.29 is 0 Å². The molecule has 1 aliphatic rings. The normalized spacial score (nSPS) is 14.0. The number of aliphatic imine (C=N–C) groups is 1. The maximum atomic E-state index is 5.97. The molecule has 1 N–H and O–H groups in total. The minimum Gasteiger partial charge on any atom is -0.370 e. The van der Waals surface area contributed by atoms with Gasteiger partial charge in [-0.2, -0.15) is 0 Å². The summed E-state index contributed by atoms with van der Waals surface area (Å²) in [7, 11) is 0. The molecule has 2 heterocycles. The molecule has 26 heavy (non-hydrogen) atoms. The van der Waals surface area contributed by atoms with Gasteiger partial charge in [0.05, 0.1) is 5.69 Å². The number of aromatic nitrogens is 1. The summed E-state index contributed by atoms with van der Waals surface area (Å²) < 4.78 is 0. The maximum absolute atomic E-state index is 5.97. The van der Waals surface area contributed by atoms with Crippen LogP contribution in [0.2, 0.25) is 5.02 Å². The van der Waals surface area contributed by atoms with E-state index in [1.807, 2.05) is 24.3 Å². The molecule has 0 radical (unpaired) electrons. The van der Waals surface area contributed by atoms with Crippen LogP contribution >= 0.6 is 34.7 Å². The Labute approximate surface area is 166 Å². The van der Waals surface area contributed by atoms with Crippen LogP contribution in [0.15, 0.2) is 63.8 Å². The van der Waals surface area contributed by atoms with Crippen LogP contribution in [0, 0.1) is 0 Å². The van der Waals surface area contributed by atoms with Gasteiger partial charge in [0.2, 0.25) is 0 Å². The Hall–Kier alpha value is -1.82. The molecule has 0 bridgehead atoms. The van der Waals surface area contributed by atoms with E-state index in [-0.39, 0.29) is 0 Å². The third kappa shape index (κ3) is 4.11. The second kappa shape index (κ2) is 8.25. The van der Waals surface area contributed by atoms with Crippen LogP contribution in [0.5, 0.6) is 0 Å². The summed E-state index contributed by atoms with van der Waals surface area (Å²) in [4.78, 5) is 10.6. The third-order valence-electron chi connectivity index (χ3n) is 4.06. The summed E-state index contributed by atoms with van der Waals surface area (Å²) in [5.41, 5.74) is 3.39. The lowest BCUT2D eigenvalue weighted by Crippen LogP contribution is -2.30. The Bertz CT molecular complexity index is 919. The lowest BCUT2D eigenvalue weighted by atomic mass is 10.2. The molecule has 4 rings (SSSR count). The van der Waals surface area contributed by atoms with Gasteiger partial charge in [0.15, 0.2) is 0 Å². The van der Waals surface area contributed by atoms with Gasteiger partial charge >= 0.3 is 0 Å². The predicted molar refractivity (Wildman–Crippen MR) is 113 cm³/mol. The van der Waals surface area contributed by atoms with Crippen LogP contribution in [0.25, 0.3) is 10.6 Å². The zero-order chi connectivity index (χ0) is 17.8. The van der Waals surface area contributed by atoms with Crippen LogP contribution in [0.3, 0.4) is 0 Å². The molecule has 1 aliphatic heterocycles. The molecule has 0 amide bonds. The SMILES string of the molecule is Clc1ccc(-c2nc(CSc3ccccc3C3=NCCCN3)cs2)cc1. The number of thiazole rings is 1. The largest absolute Gasteiger partial charge is 0.370 e. The van der Waals surface area contributed by atoms with Gasteiger partial charge in [0, 0.05) is 45.3 Å². The Kier molecular flexibility index (Phi) is 5.58. The molecule has 3 nitrogen and oxygen atoms in total. The molecule has 2 aromatic carbocycles. The summed E-state index contributed by atoms with van der Waals surface area (Å²) in [5.74, 6) is 1.86. The summed E-state index contributed by atoms with van der Waals surface area (Å²) in [5, 5.41) is 7.33. The highest BCUT2D eigenvalue weighted by molar-refractivity contribution is 7.98. The van der Waals surface area contributed by atoms with Crippen molar-refractivity contribution in [3.63, 3.8) is 0 Å². The van der Waals surface area contributed by atoms with Crippen LogP contribution in [-0.2, 0) is 5.75 Å². The fourth-order valence-electron chi connectivity index (χ4n) is 2.75. The lowest BCUT2D eigenvalue weighted by molar-refractivity contribution is 0.741.